The number of hydrogen-bond acceptors (Lipinski definition) is 4. The molecular formula is C17H17N3S. The van der Waals surface area contributed by atoms with Gasteiger partial charge in [-0.3, -0.25) is 0 Å². The molecule has 0 unspecified atom stereocenters. The van der Waals surface area contributed by atoms with Crippen LogP contribution in [0.4, 0.5) is 0 Å². The minimum atomic E-state index is 0.699. The Balaban J connectivity index is 1.73. The highest BCUT2D eigenvalue weighted by Crippen LogP contribution is 2.26. The molecule has 0 saturated carbocycles. The topological polar surface area (TPSA) is 49.6 Å². The lowest BCUT2D eigenvalue weighted by molar-refractivity contribution is 0.642. The standard InChI is InChI=1S/C17H17N3S/c1-12-15-4-2-3-5-16(15)20-17(19-12)21-11-14-8-6-13(10-18)7-9-14/h6-9H,2-5,11H2,1H3. The van der Waals surface area contributed by atoms with Crippen molar-refractivity contribution >= 4 is 11.8 Å². The lowest BCUT2D eigenvalue weighted by Gasteiger charge is -2.17. The summed E-state index contributed by atoms with van der Waals surface area (Å²) in [6.07, 6.45) is 4.71. The monoisotopic (exact) mass is 295 g/mol. The van der Waals surface area contributed by atoms with E-state index >= 15 is 0 Å². The maximum absolute atomic E-state index is 8.80. The van der Waals surface area contributed by atoms with Gasteiger partial charge in [0.05, 0.1) is 11.6 Å². The third-order valence-corrected chi connectivity index (χ3v) is 4.74. The fourth-order valence-corrected chi connectivity index (χ4v) is 3.51. The van der Waals surface area contributed by atoms with Gasteiger partial charge in [0.15, 0.2) is 5.16 Å². The summed E-state index contributed by atoms with van der Waals surface area (Å²) in [5.74, 6) is 0.837. The highest BCUT2D eigenvalue weighted by molar-refractivity contribution is 7.98. The van der Waals surface area contributed by atoms with Gasteiger partial charge < -0.3 is 0 Å². The van der Waals surface area contributed by atoms with E-state index in [1.807, 2.05) is 24.3 Å². The molecule has 0 fully saturated rings. The van der Waals surface area contributed by atoms with Gasteiger partial charge in [0.1, 0.15) is 0 Å². The van der Waals surface area contributed by atoms with Crippen LogP contribution in [-0.4, -0.2) is 9.97 Å². The first-order valence-electron chi connectivity index (χ1n) is 7.24. The van der Waals surface area contributed by atoms with Gasteiger partial charge >= 0.3 is 0 Å². The molecular weight excluding hydrogens is 278 g/mol. The molecule has 0 saturated heterocycles. The van der Waals surface area contributed by atoms with Gasteiger partial charge in [-0.25, -0.2) is 9.97 Å². The van der Waals surface area contributed by atoms with Gasteiger partial charge in [0.25, 0.3) is 0 Å². The van der Waals surface area contributed by atoms with Crippen LogP contribution in [0.3, 0.4) is 0 Å². The van der Waals surface area contributed by atoms with Gasteiger partial charge in [0.2, 0.25) is 0 Å². The smallest absolute Gasteiger partial charge is 0.188 e. The van der Waals surface area contributed by atoms with Crippen LogP contribution in [0.15, 0.2) is 29.4 Å². The first-order chi connectivity index (χ1) is 10.3. The van der Waals surface area contributed by atoms with Crippen molar-refractivity contribution in [3.8, 4) is 6.07 Å². The van der Waals surface area contributed by atoms with Gasteiger partial charge in [0, 0.05) is 17.1 Å². The quantitative estimate of drug-likeness (QED) is 0.638. The van der Waals surface area contributed by atoms with E-state index in [1.165, 1.54) is 29.7 Å². The number of hydrogen-bond donors (Lipinski definition) is 0. The predicted molar refractivity (Wildman–Crippen MR) is 84.1 cm³/mol. The van der Waals surface area contributed by atoms with Crippen LogP contribution in [0.5, 0.6) is 0 Å². The number of aromatic nitrogens is 2. The van der Waals surface area contributed by atoms with Crippen LogP contribution in [-0.2, 0) is 18.6 Å². The maximum Gasteiger partial charge on any atom is 0.188 e. The highest BCUT2D eigenvalue weighted by atomic mass is 32.2. The maximum atomic E-state index is 8.80. The van der Waals surface area contributed by atoms with Crippen molar-refractivity contribution in [2.75, 3.05) is 0 Å². The SMILES string of the molecule is Cc1nc(SCc2ccc(C#N)cc2)nc2c1CCCC2. The van der Waals surface area contributed by atoms with E-state index in [1.54, 1.807) is 11.8 Å². The molecule has 1 heterocycles. The summed E-state index contributed by atoms with van der Waals surface area (Å²) < 4.78 is 0. The number of aryl methyl sites for hydroxylation is 2. The zero-order valence-electron chi connectivity index (χ0n) is 12.1. The molecule has 1 aromatic heterocycles. The molecule has 0 N–H and O–H groups in total. The molecule has 1 aliphatic rings. The normalized spacial score (nSPS) is 13.5. The molecule has 0 bridgehead atoms. The molecule has 0 amide bonds. The molecule has 1 aliphatic carbocycles. The molecule has 0 aliphatic heterocycles. The molecule has 3 rings (SSSR count). The fourth-order valence-electron chi connectivity index (χ4n) is 2.64. The number of fused-ring (bicyclic) bond motifs is 1. The third-order valence-electron chi connectivity index (χ3n) is 3.82. The summed E-state index contributed by atoms with van der Waals surface area (Å²) in [5, 5.41) is 9.68. The molecule has 4 heteroatoms. The van der Waals surface area contributed by atoms with E-state index < -0.39 is 0 Å². The Morgan fingerprint density at radius 2 is 1.90 bits per heavy atom. The molecule has 21 heavy (non-hydrogen) atoms. The molecule has 3 nitrogen and oxygen atoms in total. The molecule has 0 atom stereocenters. The second-order valence-corrected chi connectivity index (χ2v) is 6.26. The Morgan fingerprint density at radius 3 is 2.67 bits per heavy atom. The molecule has 2 aromatic rings. The third kappa shape index (κ3) is 3.25. The number of benzene rings is 1. The van der Waals surface area contributed by atoms with Crippen LogP contribution >= 0.6 is 11.8 Å². The van der Waals surface area contributed by atoms with Gasteiger partial charge in [-0.05, 0) is 55.9 Å². The van der Waals surface area contributed by atoms with E-state index in [0.29, 0.717) is 5.56 Å². The lowest BCUT2D eigenvalue weighted by atomic mass is 9.95. The van der Waals surface area contributed by atoms with E-state index in [2.05, 4.69) is 18.0 Å². The summed E-state index contributed by atoms with van der Waals surface area (Å²) in [4.78, 5) is 9.36. The van der Waals surface area contributed by atoms with Crippen molar-refractivity contribution in [3.05, 3.63) is 52.3 Å². The summed E-state index contributed by atoms with van der Waals surface area (Å²) >= 11 is 1.67. The number of nitrogens with zero attached hydrogens (tertiary/aromatic N) is 3. The first-order valence-corrected chi connectivity index (χ1v) is 8.23. The zero-order chi connectivity index (χ0) is 14.7. The fraction of sp³-hybridized carbons (Fsp3) is 0.353. The van der Waals surface area contributed by atoms with Crippen molar-refractivity contribution < 1.29 is 0 Å². The van der Waals surface area contributed by atoms with Crippen molar-refractivity contribution in [3.63, 3.8) is 0 Å². The number of thioether (sulfide) groups is 1. The van der Waals surface area contributed by atoms with E-state index in [-0.39, 0.29) is 0 Å². The number of nitriles is 1. The summed E-state index contributed by atoms with van der Waals surface area (Å²) in [6, 6.07) is 9.84. The first kappa shape index (κ1) is 14.1. The Kier molecular flexibility index (Phi) is 4.21. The van der Waals surface area contributed by atoms with Crippen LogP contribution < -0.4 is 0 Å². The minimum absolute atomic E-state index is 0.699. The predicted octanol–water partition coefficient (Wildman–Crippen LogP) is 3.83. The van der Waals surface area contributed by atoms with Crippen LogP contribution in [0.25, 0.3) is 0 Å². The van der Waals surface area contributed by atoms with Crippen LogP contribution in [0.2, 0.25) is 0 Å². The summed E-state index contributed by atoms with van der Waals surface area (Å²) in [6.45, 7) is 2.09. The zero-order valence-corrected chi connectivity index (χ0v) is 12.9. The average molecular weight is 295 g/mol. The van der Waals surface area contributed by atoms with E-state index in [0.717, 1.165) is 29.4 Å². The largest absolute Gasteiger partial charge is 0.228 e. The van der Waals surface area contributed by atoms with E-state index in [9.17, 15) is 0 Å². The molecule has 1 aromatic carbocycles. The van der Waals surface area contributed by atoms with Gasteiger partial charge in [-0.2, -0.15) is 5.26 Å². The Labute approximate surface area is 129 Å². The van der Waals surface area contributed by atoms with Crippen molar-refractivity contribution in [2.45, 2.75) is 43.5 Å². The van der Waals surface area contributed by atoms with Crippen molar-refractivity contribution in [1.29, 1.82) is 5.26 Å². The van der Waals surface area contributed by atoms with Crippen LogP contribution in [0, 0.1) is 18.3 Å². The van der Waals surface area contributed by atoms with Crippen molar-refractivity contribution in [1.82, 2.24) is 9.97 Å². The average Bonchev–Trinajstić information content (AvgIpc) is 2.53. The second-order valence-electron chi connectivity index (χ2n) is 5.32. The second kappa shape index (κ2) is 6.28. The minimum Gasteiger partial charge on any atom is -0.228 e. The lowest BCUT2D eigenvalue weighted by Crippen LogP contribution is -2.10. The molecule has 0 radical (unpaired) electrons. The number of rotatable bonds is 3. The van der Waals surface area contributed by atoms with Crippen molar-refractivity contribution in [2.24, 2.45) is 0 Å². The summed E-state index contributed by atoms with van der Waals surface area (Å²) in [7, 11) is 0. The Hall–Kier alpha value is -1.86. The van der Waals surface area contributed by atoms with Crippen LogP contribution in [0.1, 0.15) is 40.9 Å². The van der Waals surface area contributed by atoms with E-state index in [4.69, 9.17) is 10.2 Å². The Bertz CT molecular complexity index is 686. The van der Waals surface area contributed by atoms with Gasteiger partial charge in [-0.1, -0.05) is 23.9 Å². The summed E-state index contributed by atoms with van der Waals surface area (Å²) in [5.41, 5.74) is 5.64. The highest BCUT2D eigenvalue weighted by Gasteiger charge is 2.15. The molecule has 0 spiro atoms. The molecule has 106 valence electrons. The van der Waals surface area contributed by atoms with Gasteiger partial charge in [-0.15, -0.1) is 0 Å². The Morgan fingerprint density at radius 1 is 1.14 bits per heavy atom.